The van der Waals surface area contributed by atoms with Crippen molar-refractivity contribution in [3.63, 3.8) is 0 Å². The van der Waals surface area contributed by atoms with Crippen molar-refractivity contribution in [3.8, 4) is 0 Å². The van der Waals surface area contributed by atoms with Gasteiger partial charge in [0.05, 0.1) is 17.8 Å². The Labute approximate surface area is 197 Å². The molecule has 1 aromatic carbocycles. The zero-order valence-electron chi connectivity index (χ0n) is 21.0. The number of piperidine rings is 1. The van der Waals surface area contributed by atoms with Gasteiger partial charge in [-0.1, -0.05) is 18.2 Å². The van der Waals surface area contributed by atoms with E-state index in [-0.39, 0.29) is 18.0 Å². The van der Waals surface area contributed by atoms with Gasteiger partial charge in [0, 0.05) is 42.8 Å². The van der Waals surface area contributed by atoms with Crippen molar-refractivity contribution in [1.29, 1.82) is 0 Å². The average Bonchev–Trinajstić information content (AvgIpc) is 3.03. The largest absolute Gasteiger partial charge is 0.493 e. The number of para-hydroxylation sites is 1. The summed E-state index contributed by atoms with van der Waals surface area (Å²) in [5.41, 5.74) is 2.35. The Morgan fingerprint density at radius 1 is 1.09 bits per heavy atom. The molecular formula is C25H37BN2O5. The van der Waals surface area contributed by atoms with Gasteiger partial charge in [0.15, 0.2) is 0 Å². The van der Waals surface area contributed by atoms with E-state index in [0.29, 0.717) is 25.7 Å². The fourth-order valence-corrected chi connectivity index (χ4v) is 5.60. The summed E-state index contributed by atoms with van der Waals surface area (Å²) < 4.78 is 24.8. The predicted octanol–water partition coefficient (Wildman–Crippen LogP) is 4.30. The van der Waals surface area contributed by atoms with Crippen molar-refractivity contribution in [2.75, 3.05) is 31.1 Å². The van der Waals surface area contributed by atoms with E-state index >= 15 is 0 Å². The zero-order valence-corrected chi connectivity index (χ0v) is 21.0. The summed E-state index contributed by atoms with van der Waals surface area (Å²) in [6.07, 6.45) is 0.696. The van der Waals surface area contributed by atoms with Gasteiger partial charge in [-0.15, -0.1) is 0 Å². The molecule has 4 aliphatic heterocycles. The first kappa shape index (κ1) is 23.0. The summed E-state index contributed by atoms with van der Waals surface area (Å²) in [5, 5.41) is 0. The maximum Gasteiger partial charge on any atom is 0.493 e. The van der Waals surface area contributed by atoms with Crippen LogP contribution < -0.4 is 4.90 Å². The molecule has 1 aromatic rings. The predicted molar refractivity (Wildman–Crippen MR) is 128 cm³/mol. The van der Waals surface area contributed by atoms with E-state index in [1.165, 1.54) is 11.3 Å². The number of rotatable bonds is 1. The minimum atomic E-state index is -0.491. The van der Waals surface area contributed by atoms with Gasteiger partial charge >= 0.3 is 13.2 Å². The lowest BCUT2D eigenvalue weighted by atomic mass is 9.75. The van der Waals surface area contributed by atoms with Crippen molar-refractivity contribution in [3.05, 3.63) is 29.3 Å². The van der Waals surface area contributed by atoms with Crippen molar-refractivity contribution in [2.45, 2.75) is 89.7 Å². The van der Waals surface area contributed by atoms with E-state index in [2.05, 4.69) is 50.8 Å². The molecule has 0 N–H and O–H groups in total. The second-order valence-corrected chi connectivity index (χ2v) is 11.8. The van der Waals surface area contributed by atoms with Crippen molar-refractivity contribution >= 4 is 18.9 Å². The van der Waals surface area contributed by atoms with Gasteiger partial charge in [-0.05, 0) is 60.5 Å². The number of ether oxygens (including phenoxy) is 2. The van der Waals surface area contributed by atoms with Crippen LogP contribution in [0.4, 0.5) is 10.5 Å². The molecule has 0 aliphatic carbocycles. The summed E-state index contributed by atoms with van der Waals surface area (Å²) >= 11 is 0. The zero-order chi connectivity index (χ0) is 23.8. The normalized spacial score (nSPS) is 30.0. The Hall–Kier alpha value is -1.77. The van der Waals surface area contributed by atoms with Crippen molar-refractivity contribution < 1.29 is 23.6 Å². The molecule has 1 amide bonds. The molecule has 5 rings (SSSR count). The van der Waals surface area contributed by atoms with Crippen LogP contribution in [0.3, 0.4) is 0 Å². The Morgan fingerprint density at radius 2 is 1.76 bits per heavy atom. The first-order valence-corrected chi connectivity index (χ1v) is 12.2. The summed E-state index contributed by atoms with van der Waals surface area (Å²) in [5.74, 6) is 0.262. The number of amides is 1. The molecule has 7 nitrogen and oxygen atoms in total. The average molecular weight is 456 g/mol. The molecule has 0 aromatic heterocycles. The van der Waals surface area contributed by atoms with E-state index in [0.717, 1.165) is 18.5 Å². The minimum Gasteiger partial charge on any atom is -0.444 e. The number of fused-ring (bicyclic) bond motifs is 3. The van der Waals surface area contributed by atoms with Gasteiger partial charge in [0.2, 0.25) is 0 Å². The molecule has 1 unspecified atom stereocenters. The summed E-state index contributed by atoms with van der Waals surface area (Å²) in [4.78, 5) is 17.2. The number of hydrogen-bond acceptors (Lipinski definition) is 6. The fraction of sp³-hybridized carbons (Fsp3) is 0.720. The van der Waals surface area contributed by atoms with Crippen LogP contribution in [0.1, 0.15) is 77.9 Å². The number of anilines is 1. The van der Waals surface area contributed by atoms with Crippen LogP contribution >= 0.6 is 0 Å². The Bertz CT molecular complexity index is 927. The van der Waals surface area contributed by atoms with E-state index in [9.17, 15) is 4.79 Å². The molecule has 180 valence electrons. The number of nitrogens with zero attached hydrogens (tertiary/aromatic N) is 2. The van der Waals surface area contributed by atoms with Crippen LogP contribution in [0.25, 0.3) is 0 Å². The highest BCUT2D eigenvalue weighted by atomic mass is 16.7. The van der Waals surface area contributed by atoms with E-state index < -0.39 is 23.9 Å². The van der Waals surface area contributed by atoms with Gasteiger partial charge in [-0.3, -0.25) is 0 Å². The van der Waals surface area contributed by atoms with Crippen LogP contribution in [0, 0.1) is 0 Å². The SMILES string of the molecule is CC(C)(C)OC(=O)N1CC[C@H]2[C@@H](C1)c1cccc3c1N2CCOC3B1OC(C)(C)C(C)(C)O1. The maximum atomic E-state index is 12.8. The highest BCUT2D eigenvalue weighted by Crippen LogP contribution is 2.51. The fourth-order valence-electron chi connectivity index (χ4n) is 5.60. The third kappa shape index (κ3) is 3.84. The van der Waals surface area contributed by atoms with Gasteiger partial charge in [0.1, 0.15) is 11.6 Å². The Morgan fingerprint density at radius 3 is 2.42 bits per heavy atom. The molecule has 4 aliphatic rings. The van der Waals surface area contributed by atoms with Gasteiger partial charge in [0.25, 0.3) is 0 Å². The lowest BCUT2D eigenvalue weighted by Crippen LogP contribution is -2.49. The second kappa shape index (κ2) is 7.62. The molecule has 0 spiro atoms. The third-order valence-electron chi connectivity index (χ3n) is 7.87. The van der Waals surface area contributed by atoms with E-state index in [4.69, 9.17) is 18.8 Å². The third-order valence-corrected chi connectivity index (χ3v) is 7.87. The lowest BCUT2D eigenvalue weighted by molar-refractivity contribution is 0.00578. The first-order valence-electron chi connectivity index (χ1n) is 12.2. The monoisotopic (exact) mass is 456 g/mol. The molecule has 33 heavy (non-hydrogen) atoms. The molecule has 0 bridgehead atoms. The van der Waals surface area contributed by atoms with Gasteiger partial charge < -0.3 is 28.6 Å². The molecule has 3 atom stereocenters. The van der Waals surface area contributed by atoms with E-state index in [1.807, 2.05) is 25.7 Å². The summed E-state index contributed by atoms with van der Waals surface area (Å²) in [6, 6.07) is 6.54. The maximum absolute atomic E-state index is 12.8. The number of carbonyl (C=O) groups excluding carboxylic acids is 1. The molecule has 2 saturated heterocycles. The topological polar surface area (TPSA) is 60.5 Å². The van der Waals surface area contributed by atoms with E-state index in [1.54, 1.807) is 0 Å². The smallest absolute Gasteiger partial charge is 0.444 e. The van der Waals surface area contributed by atoms with Crippen LogP contribution in [-0.2, 0) is 18.8 Å². The molecular weight excluding hydrogens is 419 g/mol. The minimum absolute atomic E-state index is 0.220. The lowest BCUT2D eigenvalue weighted by Gasteiger charge is -2.39. The van der Waals surface area contributed by atoms with Crippen molar-refractivity contribution in [1.82, 2.24) is 4.90 Å². The van der Waals surface area contributed by atoms with Crippen LogP contribution in [0.2, 0.25) is 0 Å². The van der Waals surface area contributed by atoms with Gasteiger partial charge in [-0.25, -0.2) is 4.79 Å². The van der Waals surface area contributed by atoms with Crippen molar-refractivity contribution in [2.24, 2.45) is 0 Å². The van der Waals surface area contributed by atoms with Crippen LogP contribution in [-0.4, -0.2) is 67.2 Å². The Kier molecular flexibility index (Phi) is 5.31. The quantitative estimate of drug-likeness (QED) is 0.588. The molecule has 0 radical (unpaired) electrons. The molecule has 0 saturated carbocycles. The van der Waals surface area contributed by atoms with Crippen LogP contribution in [0.15, 0.2) is 18.2 Å². The number of carbonyl (C=O) groups is 1. The number of benzene rings is 1. The second-order valence-electron chi connectivity index (χ2n) is 11.8. The molecule has 2 fully saturated rings. The Balaban J connectivity index is 1.45. The standard InChI is InChI=1S/C25H37BN2O5/c1-23(2,3)31-22(29)27-12-11-19-18(15-27)16-9-8-10-17-20(16)28(19)13-14-30-21(17)26-32-24(4,5)25(6,7)33-26/h8-10,18-19,21H,11-15H2,1-7H3/t18-,19-,21?/m0/s1. The highest BCUT2D eigenvalue weighted by Gasteiger charge is 2.56. The summed E-state index contributed by atoms with van der Waals surface area (Å²) in [6.45, 7) is 16.9. The summed E-state index contributed by atoms with van der Waals surface area (Å²) in [7, 11) is -0.456. The molecule has 8 heteroatoms. The number of hydrogen-bond donors (Lipinski definition) is 0. The highest BCUT2D eigenvalue weighted by molar-refractivity contribution is 6.47. The van der Waals surface area contributed by atoms with Crippen LogP contribution in [0.5, 0.6) is 0 Å². The molecule has 4 heterocycles. The number of likely N-dealkylation sites (tertiary alicyclic amines) is 1. The van der Waals surface area contributed by atoms with Gasteiger partial charge in [-0.2, -0.15) is 0 Å². The first-order chi connectivity index (χ1) is 15.4.